The molecule has 4 heteroatoms. The maximum atomic E-state index is 11.2. The van der Waals surface area contributed by atoms with E-state index in [4.69, 9.17) is 0 Å². The van der Waals surface area contributed by atoms with Crippen molar-refractivity contribution in [1.29, 1.82) is 0 Å². The SMILES string of the molecule is CCC1CCCCn2c1noc2=O. The molecule has 0 spiro atoms. The second kappa shape index (κ2) is 3.36. The van der Waals surface area contributed by atoms with Crippen LogP contribution < -0.4 is 5.76 Å². The van der Waals surface area contributed by atoms with Crippen molar-refractivity contribution in [2.45, 2.75) is 45.1 Å². The average Bonchev–Trinajstić information content (AvgIpc) is 2.39. The molecule has 1 aromatic rings. The Bertz CT molecular complexity index is 340. The summed E-state index contributed by atoms with van der Waals surface area (Å²) in [7, 11) is 0. The van der Waals surface area contributed by atoms with Crippen LogP contribution in [0.25, 0.3) is 0 Å². The summed E-state index contributed by atoms with van der Waals surface area (Å²) in [5.74, 6) is 0.967. The summed E-state index contributed by atoms with van der Waals surface area (Å²) in [5.41, 5.74) is 0. The van der Waals surface area contributed by atoms with Crippen LogP contribution in [0.3, 0.4) is 0 Å². The van der Waals surface area contributed by atoms with E-state index in [1.807, 2.05) is 0 Å². The minimum absolute atomic E-state index is 0.296. The first-order chi connectivity index (χ1) is 6.33. The van der Waals surface area contributed by atoms with Gasteiger partial charge in [-0.1, -0.05) is 18.5 Å². The van der Waals surface area contributed by atoms with Crippen LogP contribution in [0.4, 0.5) is 0 Å². The molecule has 1 aliphatic heterocycles. The van der Waals surface area contributed by atoms with E-state index in [0.29, 0.717) is 5.92 Å². The van der Waals surface area contributed by atoms with E-state index in [1.165, 1.54) is 6.42 Å². The third-order valence-electron chi connectivity index (χ3n) is 2.76. The van der Waals surface area contributed by atoms with Gasteiger partial charge in [-0.3, -0.25) is 9.09 Å². The summed E-state index contributed by atoms with van der Waals surface area (Å²) in [6, 6.07) is 0. The number of aromatic nitrogens is 2. The standard InChI is InChI=1S/C9H14N2O2/c1-2-7-5-3-4-6-11-8(7)10-13-9(11)12/h7H,2-6H2,1H3. The molecule has 0 aromatic carbocycles. The lowest BCUT2D eigenvalue weighted by Crippen LogP contribution is -2.16. The van der Waals surface area contributed by atoms with Crippen LogP contribution in [0.5, 0.6) is 0 Å². The highest BCUT2D eigenvalue weighted by molar-refractivity contribution is 4.96. The third-order valence-corrected chi connectivity index (χ3v) is 2.76. The van der Waals surface area contributed by atoms with E-state index in [2.05, 4.69) is 16.6 Å². The molecule has 0 amide bonds. The lowest BCUT2D eigenvalue weighted by Gasteiger charge is -2.08. The zero-order valence-electron chi connectivity index (χ0n) is 7.82. The molecule has 0 radical (unpaired) electrons. The predicted octanol–water partition coefficient (Wildman–Crippen LogP) is 1.51. The van der Waals surface area contributed by atoms with Gasteiger partial charge in [-0.25, -0.2) is 4.79 Å². The van der Waals surface area contributed by atoms with Crippen molar-refractivity contribution in [3.63, 3.8) is 0 Å². The fourth-order valence-electron chi connectivity index (χ4n) is 1.96. The van der Waals surface area contributed by atoms with E-state index in [1.54, 1.807) is 4.57 Å². The van der Waals surface area contributed by atoms with Crippen LogP contribution in [0.15, 0.2) is 9.32 Å². The topological polar surface area (TPSA) is 48.0 Å². The van der Waals surface area contributed by atoms with Crippen LogP contribution in [-0.2, 0) is 6.54 Å². The van der Waals surface area contributed by atoms with Crippen molar-refractivity contribution in [1.82, 2.24) is 9.72 Å². The molecule has 2 heterocycles. The molecule has 0 saturated carbocycles. The molecule has 4 nitrogen and oxygen atoms in total. The molecule has 72 valence electrons. The highest BCUT2D eigenvalue weighted by Crippen LogP contribution is 2.26. The third kappa shape index (κ3) is 1.41. The Kier molecular flexibility index (Phi) is 2.20. The summed E-state index contributed by atoms with van der Waals surface area (Å²) in [5, 5.41) is 3.84. The number of nitrogens with zero attached hydrogens (tertiary/aromatic N) is 2. The quantitative estimate of drug-likeness (QED) is 0.661. The molecule has 1 aliphatic rings. The second-order valence-electron chi connectivity index (χ2n) is 3.56. The molecule has 1 atom stereocenters. The Labute approximate surface area is 76.5 Å². The lowest BCUT2D eigenvalue weighted by molar-refractivity contribution is 0.364. The highest BCUT2D eigenvalue weighted by atomic mass is 16.5. The molecule has 1 unspecified atom stereocenters. The van der Waals surface area contributed by atoms with E-state index in [9.17, 15) is 4.79 Å². The van der Waals surface area contributed by atoms with Gasteiger partial charge >= 0.3 is 5.76 Å². The monoisotopic (exact) mass is 182 g/mol. The van der Waals surface area contributed by atoms with E-state index in [-0.39, 0.29) is 5.76 Å². The average molecular weight is 182 g/mol. The van der Waals surface area contributed by atoms with Crippen LogP contribution in [0.2, 0.25) is 0 Å². The Hall–Kier alpha value is -1.06. The molecule has 2 rings (SSSR count). The largest absolute Gasteiger partial charge is 0.441 e. The van der Waals surface area contributed by atoms with Crippen molar-refractivity contribution in [3.05, 3.63) is 16.4 Å². The van der Waals surface area contributed by atoms with Gasteiger partial charge in [0.2, 0.25) is 0 Å². The molecule has 0 N–H and O–H groups in total. The van der Waals surface area contributed by atoms with Gasteiger partial charge in [0.25, 0.3) is 0 Å². The minimum atomic E-state index is -0.296. The molecule has 13 heavy (non-hydrogen) atoms. The van der Waals surface area contributed by atoms with E-state index < -0.39 is 0 Å². The molecular formula is C9H14N2O2. The Morgan fingerprint density at radius 2 is 2.46 bits per heavy atom. The number of fused-ring (bicyclic) bond motifs is 1. The molecule has 0 fully saturated rings. The van der Waals surface area contributed by atoms with Gasteiger partial charge in [-0.2, -0.15) is 0 Å². The Morgan fingerprint density at radius 1 is 1.62 bits per heavy atom. The van der Waals surface area contributed by atoms with E-state index >= 15 is 0 Å². The van der Waals surface area contributed by atoms with Crippen molar-refractivity contribution < 1.29 is 4.52 Å². The highest BCUT2D eigenvalue weighted by Gasteiger charge is 2.21. The first kappa shape index (κ1) is 8.53. The molecular weight excluding hydrogens is 168 g/mol. The minimum Gasteiger partial charge on any atom is -0.296 e. The summed E-state index contributed by atoms with van der Waals surface area (Å²) in [6.07, 6.45) is 4.40. The summed E-state index contributed by atoms with van der Waals surface area (Å²) < 4.78 is 6.34. The molecule has 0 bridgehead atoms. The van der Waals surface area contributed by atoms with Gasteiger partial charge in [0.1, 0.15) is 0 Å². The van der Waals surface area contributed by atoms with Crippen molar-refractivity contribution in [2.75, 3.05) is 0 Å². The molecule has 0 saturated heterocycles. The van der Waals surface area contributed by atoms with Crippen molar-refractivity contribution >= 4 is 0 Å². The number of rotatable bonds is 1. The second-order valence-corrected chi connectivity index (χ2v) is 3.56. The van der Waals surface area contributed by atoms with E-state index in [0.717, 1.165) is 31.6 Å². The fourth-order valence-corrected chi connectivity index (χ4v) is 1.96. The first-order valence-corrected chi connectivity index (χ1v) is 4.89. The van der Waals surface area contributed by atoms with Gasteiger partial charge in [0, 0.05) is 12.5 Å². The van der Waals surface area contributed by atoms with Crippen LogP contribution in [0.1, 0.15) is 44.3 Å². The van der Waals surface area contributed by atoms with Gasteiger partial charge in [-0.15, -0.1) is 0 Å². The lowest BCUT2D eigenvalue weighted by atomic mass is 10.00. The smallest absolute Gasteiger partial charge is 0.296 e. The number of hydrogen-bond acceptors (Lipinski definition) is 3. The summed E-state index contributed by atoms with van der Waals surface area (Å²) >= 11 is 0. The van der Waals surface area contributed by atoms with Crippen LogP contribution >= 0.6 is 0 Å². The first-order valence-electron chi connectivity index (χ1n) is 4.89. The summed E-state index contributed by atoms with van der Waals surface area (Å²) in [4.78, 5) is 11.2. The van der Waals surface area contributed by atoms with Gasteiger partial charge in [0.15, 0.2) is 5.82 Å². The van der Waals surface area contributed by atoms with Gasteiger partial charge in [0.05, 0.1) is 0 Å². The Morgan fingerprint density at radius 3 is 3.23 bits per heavy atom. The van der Waals surface area contributed by atoms with Crippen LogP contribution in [0, 0.1) is 0 Å². The molecule has 1 aromatic heterocycles. The number of hydrogen-bond donors (Lipinski definition) is 0. The maximum Gasteiger partial charge on any atom is 0.441 e. The fraction of sp³-hybridized carbons (Fsp3) is 0.778. The zero-order valence-corrected chi connectivity index (χ0v) is 7.82. The molecule has 0 aliphatic carbocycles. The Balaban J connectivity index is 2.42. The summed E-state index contributed by atoms with van der Waals surface area (Å²) in [6.45, 7) is 2.90. The normalized spacial score (nSPS) is 22.4. The van der Waals surface area contributed by atoms with Gasteiger partial charge < -0.3 is 0 Å². The predicted molar refractivity (Wildman–Crippen MR) is 47.6 cm³/mol. The van der Waals surface area contributed by atoms with Crippen molar-refractivity contribution in [2.24, 2.45) is 0 Å². The van der Waals surface area contributed by atoms with Crippen molar-refractivity contribution in [3.8, 4) is 0 Å². The van der Waals surface area contributed by atoms with Gasteiger partial charge in [-0.05, 0) is 19.3 Å². The maximum absolute atomic E-state index is 11.2. The van der Waals surface area contributed by atoms with Crippen LogP contribution in [-0.4, -0.2) is 9.72 Å². The zero-order chi connectivity index (χ0) is 9.26.